The zero-order valence-corrected chi connectivity index (χ0v) is 18.1. The van der Waals surface area contributed by atoms with Gasteiger partial charge in [-0.05, 0) is 51.3 Å². The number of urea groups is 1. The molecule has 1 fully saturated rings. The zero-order chi connectivity index (χ0) is 21.1. The first-order valence-corrected chi connectivity index (χ1v) is 10.3. The lowest BCUT2D eigenvalue weighted by molar-refractivity contribution is -0.134. The van der Waals surface area contributed by atoms with Crippen molar-refractivity contribution >= 4 is 35.1 Å². The topological polar surface area (TPSA) is 77.4 Å². The molecule has 3 rings (SSSR count). The fraction of sp³-hybridized carbons (Fsp3) is 0.524. The standard InChI is InChI=1S/C21H28ClN5O2/c1-13-19(14(2)24-15(3)23-13)25-21(29)27-11-5-6-18(27)20(28)26(4)12-16-7-9-17(22)10-8-16/h7-10,13,18-19H,5-6,11-12H2,1-4H3,(H,25,29)/t13?,18-,19?/m1/s1. The van der Waals surface area contributed by atoms with Crippen LogP contribution in [-0.4, -0.2) is 65.0 Å². The fourth-order valence-corrected chi connectivity index (χ4v) is 4.10. The lowest BCUT2D eigenvalue weighted by Crippen LogP contribution is -2.55. The normalized spacial score (nSPS) is 24.0. The van der Waals surface area contributed by atoms with Crippen molar-refractivity contribution in [3.63, 3.8) is 0 Å². The third-order valence-corrected chi connectivity index (χ3v) is 5.70. The van der Waals surface area contributed by atoms with Gasteiger partial charge in [-0.25, -0.2) is 9.79 Å². The van der Waals surface area contributed by atoms with E-state index in [1.54, 1.807) is 16.8 Å². The Morgan fingerprint density at radius 2 is 1.97 bits per heavy atom. The number of amidine groups is 1. The van der Waals surface area contributed by atoms with Crippen LogP contribution in [0.2, 0.25) is 5.02 Å². The number of rotatable bonds is 4. The second-order valence-corrected chi connectivity index (χ2v) is 8.21. The van der Waals surface area contributed by atoms with Crippen molar-refractivity contribution in [2.75, 3.05) is 13.6 Å². The van der Waals surface area contributed by atoms with Crippen LogP contribution < -0.4 is 5.32 Å². The van der Waals surface area contributed by atoms with Crippen LogP contribution in [0.3, 0.4) is 0 Å². The van der Waals surface area contributed by atoms with Crippen LogP contribution in [-0.2, 0) is 11.3 Å². The number of likely N-dealkylation sites (tertiary alicyclic amines) is 1. The Bertz CT molecular complexity index is 836. The molecule has 7 nitrogen and oxygen atoms in total. The van der Waals surface area contributed by atoms with E-state index in [-0.39, 0.29) is 24.0 Å². The maximum Gasteiger partial charge on any atom is 0.318 e. The van der Waals surface area contributed by atoms with E-state index in [9.17, 15) is 9.59 Å². The lowest BCUT2D eigenvalue weighted by atomic mass is 10.0. The SMILES string of the molecule is CC1=NC(C)C(NC(=O)N2CCC[C@@H]2C(=O)N(C)Cc2ccc(Cl)cc2)C(C)=N1. The number of halogens is 1. The zero-order valence-electron chi connectivity index (χ0n) is 17.4. The van der Waals surface area contributed by atoms with Crippen molar-refractivity contribution in [2.45, 2.75) is 58.3 Å². The number of benzene rings is 1. The third kappa shape index (κ3) is 4.96. The van der Waals surface area contributed by atoms with Crippen LogP contribution in [0.1, 0.15) is 39.2 Å². The molecule has 0 spiro atoms. The number of amides is 3. The summed E-state index contributed by atoms with van der Waals surface area (Å²) in [6.45, 7) is 6.74. The first-order valence-electron chi connectivity index (χ1n) is 9.92. The Hall–Kier alpha value is -2.41. The minimum Gasteiger partial charge on any atom is -0.340 e. The van der Waals surface area contributed by atoms with Gasteiger partial charge in [0.25, 0.3) is 0 Å². The van der Waals surface area contributed by atoms with Gasteiger partial charge in [-0.3, -0.25) is 9.79 Å². The van der Waals surface area contributed by atoms with Crippen molar-refractivity contribution in [2.24, 2.45) is 9.98 Å². The summed E-state index contributed by atoms with van der Waals surface area (Å²) in [6.07, 6.45) is 1.48. The molecule has 1 saturated heterocycles. The van der Waals surface area contributed by atoms with E-state index in [0.29, 0.717) is 24.5 Å². The molecule has 2 aliphatic heterocycles. The van der Waals surface area contributed by atoms with Crippen molar-refractivity contribution in [3.8, 4) is 0 Å². The smallest absolute Gasteiger partial charge is 0.318 e. The minimum absolute atomic E-state index is 0.0523. The maximum atomic E-state index is 13.0. The van der Waals surface area contributed by atoms with E-state index in [1.165, 1.54) is 0 Å². The number of carbonyl (C=O) groups is 2. The number of hydrogen-bond donors (Lipinski definition) is 1. The van der Waals surface area contributed by atoms with E-state index < -0.39 is 6.04 Å². The summed E-state index contributed by atoms with van der Waals surface area (Å²) in [5.74, 6) is 0.669. The number of aliphatic imine (C=N–C) groups is 2. The summed E-state index contributed by atoms with van der Waals surface area (Å²) in [5, 5.41) is 3.69. The molecule has 0 aliphatic carbocycles. The molecule has 0 aromatic heterocycles. The van der Waals surface area contributed by atoms with Gasteiger partial charge in [0.05, 0.1) is 12.1 Å². The summed E-state index contributed by atoms with van der Waals surface area (Å²) in [5.41, 5.74) is 1.83. The Labute approximate surface area is 176 Å². The van der Waals surface area contributed by atoms with E-state index in [1.807, 2.05) is 45.0 Å². The van der Waals surface area contributed by atoms with Gasteiger partial charge in [-0.15, -0.1) is 0 Å². The third-order valence-electron chi connectivity index (χ3n) is 5.45. The molecule has 1 N–H and O–H groups in total. The molecule has 2 aliphatic rings. The number of nitrogens with one attached hydrogen (secondary N) is 1. The van der Waals surface area contributed by atoms with Gasteiger partial charge >= 0.3 is 6.03 Å². The largest absolute Gasteiger partial charge is 0.340 e. The summed E-state index contributed by atoms with van der Waals surface area (Å²) < 4.78 is 0. The molecule has 0 saturated carbocycles. The number of likely N-dealkylation sites (N-methyl/N-ethyl adjacent to an activating group) is 1. The summed E-state index contributed by atoms with van der Waals surface area (Å²) in [7, 11) is 1.77. The first kappa shape index (κ1) is 21.3. The molecule has 8 heteroatoms. The average Bonchev–Trinajstić information content (AvgIpc) is 3.15. The van der Waals surface area contributed by atoms with E-state index in [2.05, 4.69) is 15.3 Å². The van der Waals surface area contributed by atoms with Crippen LogP contribution in [0.5, 0.6) is 0 Å². The maximum absolute atomic E-state index is 13.0. The highest BCUT2D eigenvalue weighted by atomic mass is 35.5. The number of hydrogen-bond acceptors (Lipinski definition) is 4. The molecule has 29 heavy (non-hydrogen) atoms. The molecule has 1 aromatic carbocycles. The first-order chi connectivity index (χ1) is 13.8. The molecule has 0 radical (unpaired) electrons. The second kappa shape index (κ2) is 8.95. The number of nitrogens with zero attached hydrogens (tertiary/aromatic N) is 4. The van der Waals surface area contributed by atoms with Gasteiger partial charge < -0.3 is 15.1 Å². The monoisotopic (exact) mass is 417 g/mol. The average molecular weight is 418 g/mol. The van der Waals surface area contributed by atoms with Gasteiger partial charge in [0.2, 0.25) is 5.91 Å². The lowest BCUT2D eigenvalue weighted by Gasteiger charge is -2.32. The molecule has 1 aromatic rings. The van der Waals surface area contributed by atoms with Gasteiger partial charge in [-0.2, -0.15) is 0 Å². The molecule has 156 valence electrons. The highest BCUT2D eigenvalue weighted by molar-refractivity contribution is 6.30. The quantitative estimate of drug-likeness (QED) is 0.816. The van der Waals surface area contributed by atoms with Crippen molar-refractivity contribution < 1.29 is 9.59 Å². The Morgan fingerprint density at radius 1 is 1.28 bits per heavy atom. The van der Waals surface area contributed by atoms with Gasteiger partial charge in [0.15, 0.2) is 0 Å². The molecule has 0 bridgehead atoms. The summed E-state index contributed by atoms with van der Waals surface area (Å²) in [4.78, 5) is 38.1. The Morgan fingerprint density at radius 3 is 2.62 bits per heavy atom. The van der Waals surface area contributed by atoms with E-state index >= 15 is 0 Å². The summed E-state index contributed by atoms with van der Waals surface area (Å²) in [6, 6.07) is 6.40. The Balaban J connectivity index is 1.64. The van der Waals surface area contributed by atoms with Crippen molar-refractivity contribution in [3.05, 3.63) is 34.9 Å². The van der Waals surface area contributed by atoms with Crippen LogP contribution >= 0.6 is 11.6 Å². The highest BCUT2D eigenvalue weighted by Gasteiger charge is 2.37. The number of carbonyl (C=O) groups excluding carboxylic acids is 2. The van der Waals surface area contributed by atoms with Gasteiger partial charge in [-0.1, -0.05) is 23.7 Å². The molecule has 2 heterocycles. The van der Waals surface area contributed by atoms with E-state index in [0.717, 1.165) is 23.5 Å². The highest BCUT2D eigenvalue weighted by Crippen LogP contribution is 2.21. The van der Waals surface area contributed by atoms with E-state index in [4.69, 9.17) is 11.6 Å². The molecule has 3 amide bonds. The van der Waals surface area contributed by atoms with Gasteiger partial charge in [0.1, 0.15) is 11.9 Å². The second-order valence-electron chi connectivity index (χ2n) is 7.77. The van der Waals surface area contributed by atoms with Crippen LogP contribution in [0.15, 0.2) is 34.3 Å². The predicted molar refractivity (Wildman–Crippen MR) is 116 cm³/mol. The van der Waals surface area contributed by atoms with Crippen LogP contribution in [0.4, 0.5) is 4.79 Å². The molecular weight excluding hydrogens is 390 g/mol. The van der Waals surface area contributed by atoms with Crippen LogP contribution in [0, 0.1) is 0 Å². The fourth-order valence-electron chi connectivity index (χ4n) is 3.98. The van der Waals surface area contributed by atoms with Crippen molar-refractivity contribution in [1.29, 1.82) is 0 Å². The predicted octanol–water partition coefficient (Wildman–Crippen LogP) is 3.12. The van der Waals surface area contributed by atoms with Crippen LogP contribution in [0.25, 0.3) is 0 Å². The molecule has 2 unspecified atom stereocenters. The summed E-state index contributed by atoms with van der Waals surface area (Å²) >= 11 is 5.93. The minimum atomic E-state index is -0.450. The Kier molecular flexibility index (Phi) is 6.57. The van der Waals surface area contributed by atoms with Gasteiger partial charge in [0, 0.05) is 30.9 Å². The molecular formula is C21H28ClN5O2. The van der Waals surface area contributed by atoms with Crippen molar-refractivity contribution in [1.82, 2.24) is 15.1 Å². The molecule has 3 atom stereocenters.